The van der Waals surface area contributed by atoms with E-state index in [1.165, 1.54) is 5.69 Å². The standard InChI is InChI=1S/C15H24NSSi2/c1-7-12-13-11(8-9-16(12)2)14-15(17-13)19(5,6)10-18(14,3)4/h8-9H,7,10H2,1-6H3/q+1. The first-order chi connectivity index (χ1) is 8.78. The van der Waals surface area contributed by atoms with Gasteiger partial charge in [-0.25, -0.2) is 4.57 Å². The van der Waals surface area contributed by atoms with Crippen molar-refractivity contribution >= 4 is 47.3 Å². The van der Waals surface area contributed by atoms with Crippen LogP contribution in [0.3, 0.4) is 0 Å². The Morgan fingerprint density at radius 2 is 1.89 bits per heavy atom. The monoisotopic (exact) mass is 306 g/mol. The number of pyridine rings is 1. The highest BCUT2D eigenvalue weighted by Crippen LogP contribution is 2.34. The molecule has 0 spiro atoms. The van der Waals surface area contributed by atoms with Crippen LogP contribution in [0, 0.1) is 0 Å². The zero-order valence-electron chi connectivity index (χ0n) is 12.9. The van der Waals surface area contributed by atoms with Crippen LogP contribution in [0.4, 0.5) is 0 Å². The molecular weight excluding hydrogens is 282 g/mol. The first-order valence-corrected chi connectivity index (χ1v) is 14.5. The summed E-state index contributed by atoms with van der Waals surface area (Å²) in [5.74, 6) is 0. The SMILES string of the molecule is CCc1c2sc3c(c2cc[n+]1C)[Si](C)(C)C[Si]3(C)C. The Bertz CT molecular complexity index is 670. The van der Waals surface area contributed by atoms with Crippen molar-refractivity contribution in [3.63, 3.8) is 0 Å². The van der Waals surface area contributed by atoms with Gasteiger partial charge in [0.1, 0.15) is 11.7 Å². The maximum atomic E-state index is 2.58. The van der Waals surface area contributed by atoms with Gasteiger partial charge in [-0.3, -0.25) is 0 Å². The smallest absolute Gasteiger partial charge is 0.198 e. The van der Waals surface area contributed by atoms with Crippen molar-refractivity contribution in [2.75, 3.05) is 0 Å². The molecule has 102 valence electrons. The van der Waals surface area contributed by atoms with Crippen LogP contribution in [0.25, 0.3) is 10.1 Å². The van der Waals surface area contributed by atoms with Crippen molar-refractivity contribution < 1.29 is 4.57 Å². The number of fused-ring (bicyclic) bond motifs is 3. The van der Waals surface area contributed by atoms with Crippen LogP contribution < -0.4 is 14.3 Å². The molecule has 2 aromatic heterocycles. The highest BCUT2D eigenvalue weighted by atomic mass is 32.1. The normalized spacial score (nSPS) is 19.9. The topological polar surface area (TPSA) is 3.88 Å². The van der Waals surface area contributed by atoms with Crippen molar-refractivity contribution in [3.05, 3.63) is 18.0 Å². The number of aryl methyl sites for hydroxylation is 2. The number of nitrogens with zero attached hydrogens (tertiary/aromatic N) is 1. The van der Waals surface area contributed by atoms with Crippen LogP contribution in [0.2, 0.25) is 31.9 Å². The van der Waals surface area contributed by atoms with Crippen LogP contribution in [0.15, 0.2) is 12.3 Å². The first-order valence-electron chi connectivity index (χ1n) is 7.23. The predicted molar refractivity (Wildman–Crippen MR) is 91.4 cm³/mol. The highest BCUT2D eigenvalue weighted by Gasteiger charge is 2.47. The molecule has 0 saturated carbocycles. The summed E-state index contributed by atoms with van der Waals surface area (Å²) in [5.41, 5.74) is 3.06. The van der Waals surface area contributed by atoms with Crippen LogP contribution in [0.5, 0.6) is 0 Å². The average Bonchev–Trinajstić information content (AvgIpc) is 2.75. The fraction of sp³-hybridized carbons (Fsp3) is 0.533. The summed E-state index contributed by atoms with van der Waals surface area (Å²) in [7, 11) is -0.171. The lowest BCUT2D eigenvalue weighted by atomic mass is 10.2. The predicted octanol–water partition coefficient (Wildman–Crippen LogP) is 2.67. The Labute approximate surface area is 122 Å². The molecule has 4 heteroatoms. The second kappa shape index (κ2) is 4.02. The van der Waals surface area contributed by atoms with Gasteiger partial charge in [0.15, 0.2) is 11.9 Å². The Morgan fingerprint density at radius 1 is 1.21 bits per heavy atom. The molecule has 0 bridgehead atoms. The fourth-order valence-corrected chi connectivity index (χ4v) is 22.9. The van der Waals surface area contributed by atoms with Crippen molar-refractivity contribution in [2.45, 2.75) is 45.2 Å². The van der Waals surface area contributed by atoms with Gasteiger partial charge in [-0.15, -0.1) is 11.3 Å². The molecule has 0 radical (unpaired) electrons. The van der Waals surface area contributed by atoms with Gasteiger partial charge in [0.2, 0.25) is 0 Å². The average molecular weight is 307 g/mol. The zero-order chi connectivity index (χ0) is 14.0. The summed E-state index contributed by atoms with van der Waals surface area (Å²) < 4.78 is 5.72. The fourth-order valence-electron chi connectivity index (χ4n) is 4.09. The summed E-state index contributed by atoms with van der Waals surface area (Å²) in [6, 6.07) is 2.38. The minimum Gasteiger partial charge on any atom is -0.204 e. The lowest BCUT2D eigenvalue weighted by Gasteiger charge is -2.20. The van der Waals surface area contributed by atoms with E-state index in [4.69, 9.17) is 0 Å². The number of rotatable bonds is 1. The molecule has 0 fully saturated rings. The van der Waals surface area contributed by atoms with Crippen LogP contribution in [0.1, 0.15) is 12.6 Å². The summed E-state index contributed by atoms with van der Waals surface area (Å²) >= 11 is 2.14. The molecule has 3 heterocycles. The van der Waals surface area contributed by atoms with Crippen molar-refractivity contribution in [2.24, 2.45) is 7.05 Å². The second-order valence-corrected chi connectivity index (χ2v) is 18.6. The van der Waals surface area contributed by atoms with E-state index in [0.29, 0.717) is 0 Å². The van der Waals surface area contributed by atoms with E-state index in [0.717, 1.165) is 6.42 Å². The molecule has 0 amide bonds. The third-order valence-electron chi connectivity index (χ3n) is 4.61. The van der Waals surface area contributed by atoms with Gasteiger partial charge in [0, 0.05) is 17.9 Å². The third-order valence-corrected chi connectivity index (χ3v) is 18.5. The van der Waals surface area contributed by atoms with Crippen molar-refractivity contribution in [1.82, 2.24) is 0 Å². The van der Waals surface area contributed by atoms with Gasteiger partial charge < -0.3 is 0 Å². The minimum absolute atomic E-state index is 1.14. The Hall–Kier alpha value is -0.456. The second-order valence-electron chi connectivity index (χ2n) is 7.22. The maximum absolute atomic E-state index is 2.58. The largest absolute Gasteiger partial charge is 0.204 e. The van der Waals surface area contributed by atoms with Crippen molar-refractivity contribution in [1.29, 1.82) is 0 Å². The van der Waals surface area contributed by atoms with E-state index >= 15 is 0 Å². The third kappa shape index (κ3) is 1.80. The Kier molecular flexibility index (Phi) is 2.86. The molecular formula is C15H24NSSi2+. The number of hydrogen-bond donors (Lipinski definition) is 0. The highest BCUT2D eigenvalue weighted by molar-refractivity contribution is 7.38. The van der Waals surface area contributed by atoms with Gasteiger partial charge in [-0.05, 0) is 9.69 Å². The van der Waals surface area contributed by atoms with Crippen LogP contribution >= 0.6 is 11.3 Å². The molecule has 1 aliphatic rings. The van der Waals surface area contributed by atoms with E-state index in [1.807, 2.05) is 9.69 Å². The van der Waals surface area contributed by atoms with Gasteiger partial charge >= 0.3 is 0 Å². The minimum atomic E-state index is -1.20. The number of aromatic nitrogens is 1. The van der Waals surface area contributed by atoms with E-state index in [-0.39, 0.29) is 0 Å². The van der Waals surface area contributed by atoms with Gasteiger partial charge in [-0.2, -0.15) is 0 Å². The molecule has 0 aromatic carbocycles. The molecule has 19 heavy (non-hydrogen) atoms. The summed E-state index contributed by atoms with van der Waals surface area (Å²) in [6.45, 7) is 12.6. The molecule has 1 nitrogen and oxygen atoms in total. The summed E-state index contributed by atoms with van der Waals surface area (Å²) in [4.78, 5) is 0. The number of thiophene rings is 1. The lowest BCUT2D eigenvalue weighted by Crippen LogP contribution is -2.41. The number of hydrogen-bond acceptors (Lipinski definition) is 1. The molecule has 0 unspecified atom stereocenters. The van der Waals surface area contributed by atoms with Crippen LogP contribution in [-0.2, 0) is 13.5 Å². The van der Waals surface area contributed by atoms with Gasteiger partial charge in [0.25, 0.3) is 0 Å². The maximum Gasteiger partial charge on any atom is 0.198 e. The van der Waals surface area contributed by atoms with Crippen LogP contribution in [-0.4, -0.2) is 16.1 Å². The summed E-state index contributed by atoms with van der Waals surface area (Å²) in [6.07, 6.45) is 3.41. The van der Waals surface area contributed by atoms with Gasteiger partial charge in [0.05, 0.1) is 16.1 Å². The molecule has 0 atom stereocenters. The van der Waals surface area contributed by atoms with E-state index < -0.39 is 16.1 Å². The lowest BCUT2D eigenvalue weighted by molar-refractivity contribution is -0.677. The Balaban J connectivity index is 2.43. The van der Waals surface area contributed by atoms with E-state index in [2.05, 4.69) is 68.3 Å². The van der Waals surface area contributed by atoms with Crippen molar-refractivity contribution in [3.8, 4) is 0 Å². The molecule has 3 rings (SSSR count). The molecule has 0 N–H and O–H groups in total. The molecule has 1 aliphatic heterocycles. The first kappa shape index (κ1) is 13.5. The molecule has 0 aliphatic carbocycles. The zero-order valence-corrected chi connectivity index (χ0v) is 15.7. The molecule has 2 aromatic rings. The van der Waals surface area contributed by atoms with E-state index in [9.17, 15) is 0 Å². The van der Waals surface area contributed by atoms with E-state index in [1.54, 1.807) is 15.8 Å². The van der Waals surface area contributed by atoms with Gasteiger partial charge in [-0.1, -0.05) is 38.8 Å². The Morgan fingerprint density at radius 3 is 2.53 bits per heavy atom. The summed E-state index contributed by atoms with van der Waals surface area (Å²) in [5, 5.41) is 3.42. The molecule has 0 saturated heterocycles. The quantitative estimate of drug-likeness (QED) is 0.563.